The molecule has 3 nitrogen and oxygen atoms in total. The molecule has 0 unspecified atom stereocenters. The van der Waals surface area contributed by atoms with Gasteiger partial charge >= 0.3 is 0 Å². The molecular formula is C13H15ClFNO2. The van der Waals surface area contributed by atoms with Crippen molar-refractivity contribution in [2.24, 2.45) is 0 Å². The van der Waals surface area contributed by atoms with Crippen LogP contribution in [0, 0.1) is 5.82 Å². The first kappa shape index (κ1) is 12.2. The molecule has 98 valence electrons. The van der Waals surface area contributed by atoms with E-state index in [1.807, 2.05) is 6.07 Å². The predicted molar refractivity (Wildman–Crippen MR) is 67.5 cm³/mol. The molecule has 0 radical (unpaired) electrons. The van der Waals surface area contributed by atoms with Crippen molar-refractivity contribution in [3.63, 3.8) is 0 Å². The van der Waals surface area contributed by atoms with Gasteiger partial charge in [-0.15, -0.1) is 0 Å². The molecule has 18 heavy (non-hydrogen) atoms. The van der Waals surface area contributed by atoms with Crippen LogP contribution in [0.1, 0.15) is 12.8 Å². The molecule has 2 heterocycles. The predicted octanol–water partition coefficient (Wildman–Crippen LogP) is 2.82. The van der Waals surface area contributed by atoms with Gasteiger partial charge in [0.2, 0.25) is 0 Å². The second kappa shape index (κ2) is 4.68. The summed E-state index contributed by atoms with van der Waals surface area (Å²) in [7, 11) is 0. The molecule has 2 aliphatic heterocycles. The molecule has 0 bridgehead atoms. The molecule has 0 atom stereocenters. The maximum atomic E-state index is 13.4. The van der Waals surface area contributed by atoms with Crippen molar-refractivity contribution in [1.82, 2.24) is 0 Å². The quantitative estimate of drug-likeness (QED) is 0.784. The maximum absolute atomic E-state index is 13.4. The molecule has 1 spiro atoms. The van der Waals surface area contributed by atoms with Crippen LogP contribution < -0.4 is 4.90 Å². The van der Waals surface area contributed by atoms with Crippen molar-refractivity contribution in [2.75, 3.05) is 31.2 Å². The van der Waals surface area contributed by atoms with E-state index in [0.717, 1.165) is 31.6 Å². The summed E-state index contributed by atoms with van der Waals surface area (Å²) in [5, 5.41) is 0.162. The fourth-order valence-electron chi connectivity index (χ4n) is 2.57. The van der Waals surface area contributed by atoms with Gasteiger partial charge in [0.1, 0.15) is 5.82 Å². The topological polar surface area (TPSA) is 21.7 Å². The van der Waals surface area contributed by atoms with Gasteiger partial charge in [-0.1, -0.05) is 11.6 Å². The third-order valence-electron chi connectivity index (χ3n) is 3.61. The van der Waals surface area contributed by atoms with Gasteiger partial charge in [0, 0.05) is 31.6 Å². The van der Waals surface area contributed by atoms with Gasteiger partial charge < -0.3 is 14.4 Å². The van der Waals surface area contributed by atoms with Gasteiger partial charge in [-0.3, -0.25) is 0 Å². The molecule has 0 aromatic heterocycles. The molecule has 1 aromatic carbocycles. The Morgan fingerprint density at radius 3 is 2.44 bits per heavy atom. The van der Waals surface area contributed by atoms with E-state index in [4.69, 9.17) is 21.1 Å². The number of nitrogens with zero attached hydrogens (tertiary/aromatic N) is 1. The van der Waals surface area contributed by atoms with Crippen LogP contribution >= 0.6 is 11.6 Å². The van der Waals surface area contributed by atoms with E-state index in [9.17, 15) is 4.39 Å². The third kappa shape index (κ3) is 2.20. The zero-order valence-electron chi connectivity index (χ0n) is 9.99. The van der Waals surface area contributed by atoms with Crippen molar-refractivity contribution in [3.8, 4) is 0 Å². The van der Waals surface area contributed by atoms with Crippen LogP contribution in [0.3, 0.4) is 0 Å². The summed E-state index contributed by atoms with van der Waals surface area (Å²) in [5.41, 5.74) is 0.866. The Morgan fingerprint density at radius 1 is 1.17 bits per heavy atom. The molecule has 0 amide bonds. The van der Waals surface area contributed by atoms with Gasteiger partial charge in [-0.25, -0.2) is 4.39 Å². The fraction of sp³-hybridized carbons (Fsp3) is 0.538. The second-order valence-electron chi connectivity index (χ2n) is 4.69. The number of rotatable bonds is 1. The number of hydrogen-bond acceptors (Lipinski definition) is 3. The van der Waals surface area contributed by atoms with E-state index in [0.29, 0.717) is 13.2 Å². The van der Waals surface area contributed by atoms with Gasteiger partial charge in [-0.05, 0) is 18.2 Å². The Bertz CT molecular complexity index is 439. The zero-order chi connectivity index (χ0) is 12.6. The van der Waals surface area contributed by atoms with Crippen LogP contribution in [0.4, 0.5) is 10.1 Å². The summed E-state index contributed by atoms with van der Waals surface area (Å²) in [6.45, 7) is 2.97. The smallest absolute Gasteiger partial charge is 0.171 e. The Kier molecular flexibility index (Phi) is 3.18. The number of hydrogen-bond donors (Lipinski definition) is 0. The van der Waals surface area contributed by atoms with E-state index in [-0.39, 0.29) is 16.6 Å². The molecular weight excluding hydrogens is 257 g/mol. The standard InChI is InChI=1S/C13H15ClFNO2/c14-11-2-1-10(9-12(11)15)16-5-3-13(4-6-16)17-7-8-18-13/h1-2,9H,3-8H2. The van der Waals surface area contributed by atoms with E-state index in [2.05, 4.69) is 4.90 Å². The minimum atomic E-state index is -0.387. The van der Waals surface area contributed by atoms with Gasteiger partial charge in [0.25, 0.3) is 0 Å². The van der Waals surface area contributed by atoms with Gasteiger partial charge in [0.15, 0.2) is 5.79 Å². The molecule has 3 rings (SSSR count). The summed E-state index contributed by atoms with van der Waals surface area (Å²) >= 11 is 5.68. The lowest BCUT2D eigenvalue weighted by molar-refractivity contribution is -0.169. The van der Waals surface area contributed by atoms with E-state index >= 15 is 0 Å². The molecule has 2 fully saturated rings. The van der Waals surface area contributed by atoms with Crippen LogP contribution in [0.25, 0.3) is 0 Å². The maximum Gasteiger partial charge on any atom is 0.171 e. The van der Waals surface area contributed by atoms with E-state index < -0.39 is 0 Å². The van der Waals surface area contributed by atoms with E-state index in [1.165, 1.54) is 6.07 Å². The zero-order valence-corrected chi connectivity index (χ0v) is 10.8. The lowest BCUT2D eigenvalue weighted by Crippen LogP contribution is -2.45. The van der Waals surface area contributed by atoms with Crippen molar-refractivity contribution in [2.45, 2.75) is 18.6 Å². The lowest BCUT2D eigenvalue weighted by Gasteiger charge is -2.38. The number of anilines is 1. The highest BCUT2D eigenvalue weighted by atomic mass is 35.5. The summed E-state index contributed by atoms with van der Waals surface area (Å²) in [4.78, 5) is 2.13. The SMILES string of the molecule is Fc1cc(N2CCC3(CC2)OCCO3)ccc1Cl. The summed E-state index contributed by atoms with van der Waals surface area (Å²) in [5.74, 6) is -0.760. The highest BCUT2D eigenvalue weighted by Gasteiger charge is 2.39. The largest absolute Gasteiger partial charge is 0.371 e. The summed E-state index contributed by atoms with van der Waals surface area (Å²) < 4.78 is 24.7. The van der Waals surface area contributed by atoms with E-state index in [1.54, 1.807) is 6.07 Å². The average Bonchev–Trinajstić information content (AvgIpc) is 2.82. The minimum absolute atomic E-state index is 0.162. The first-order valence-corrected chi connectivity index (χ1v) is 6.54. The van der Waals surface area contributed by atoms with Crippen LogP contribution in [0.5, 0.6) is 0 Å². The Hall–Kier alpha value is -0.840. The third-order valence-corrected chi connectivity index (χ3v) is 3.91. The first-order chi connectivity index (χ1) is 8.69. The molecule has 5 heteroatoms. The van der Waals surface area contributed by atoms with Gasteiger partial charge in [-0.2, -0.15) is 0 Å². The van der Waals surface area contributed by atoms with Gasteiger partial charge in [0.05, 0.1) is 18.2 Å². The summed E-state index contributed by atoms with van der Waals surface area (Å²) in [6, 6.07) is 4.93. The summed E-state index contributed by atoms with van der Waals surface area (Å²) in [6.07, 6.45) is 1.63. The highest BCUT2D eigenvalue weighted by molar-refractivity contribution is 6.30. The second-order valence-corrected chi connectivity index (χ2v) is 5.10. The number of piperidine rings is 1. The van der Waals surface area contributed by atoms with Crippen LogP contribution in [-0.4, -0.2) is 32.1 Å². The molecule has 0 N–H and O–H groups in total. The first-order valence-electron chi connectivity index (χ1n) is 6.16. The Morgan fingerprint density at radius 2 is 1.83 bits per heavy atom. The van der Waals surface area contributed by atoms with Crippen molar-refractivity contribution in [3.05, 3.63) is 29.0 Å². The van der Waals surface area contributed by atoms with Crippen molar-refractivity contribution in [1.29, 1.82) is 0 Å². The molecule has 0 saturated carbocycles. The molecule has 2 aliphatic rings. The monoisotopic (exact) mass is 271 g/mol. The Balaban J connectivity index is 1.70. The minimum Gasteiger partial charge on any atom is -0.371 e. The van der Waals surface area contributed by atoms with Crippen molar-refractivity contribution >= 4 is 17.3 Å². The van der Waals surface area contributed by atoms with Crippen LogP contribution in [0.2, 0.25) is 5.02 Å². The van der Waals surface area contributed by atoms with Crippen LogP contribution in [0.15, 0.2) is 18.2 Å². The number of benzene rings is 1. The highest BCUT2D eigenvalue weighted by Crippen LogP contribution is 2.33. The van der Waals surface area contributed by atoms with Crippen LogP contribution in [-0.2, 0) is 9.47 Å². The molecule has 2 saturated heterocycles. The lowest BCUT2D eigenvalue weighted by atomic mass is 10.0. The Labute approximate surface area is 110 Å². The normalized spacial score (nSPS) is 22.7. The fourth-order valence-corrected chi connectivity index (χ4v) is 2.69. The van der Waals surface area contributed by atoms with Crippen molar-refractivity contribution < 1.29 is 13.9 Å². The average molecular weight is 272 g/mol. The molecule has 0 aliphatic carbocycles. The molecule has 1 aromatic rings. The number of halogens is 2. The number of ether oxygens (including phenoxy) is 2.